The lowest BCUT2D eigenvalue weighted by atomic mass is 9.68. The first kappa shape index (κ1) is 244. The molecule has 1 aliphatic rings. The van der Waals surface area contributed by atoms with Crippen molar-refractivity contribution in [3.05, 3.63) is 131 Å². The molecular formula is C142H330O7. The fourth-order valence-electron chi connectivity index (χ4n) is 9.89. The predicted octanol–water partition coefficient (Wildman–Crippen LogP) is 55.3. The van der Waals surface area contributed by atoms with Crippen LogP contribution in [0.25, 0.3) is 0 Å². The van der Waals surface area contributed by atoms with E-state index >= 15 is 0 Å². The van der Waals surface area contributed by atoms with Crippen LogP contribution in [0.1, 0.15) is 704 Å². The molecule has 0 radical (unpaired) electrons. The van der Waals surface area contributed by atoms with Crippen LogP contribution in [-0.2, 0) is 48.3 Å². The van der Waals surface area contributed by atoms with E-state index in [1.165, 1.54) is 201 Å². The van der Waals surface area contributed by atoms with Gasteiger partial charge in [0.1, 0.15) is 25.1 Å². The molecular weight excluding hydrogens is 1820 g/mol. The summed E-state index contributed by atoms with van der Waals surface area (Å²) in [4.78, 5) is 29.2. The quantitative estimate of drug-likeness (QED) is 0.0204. The Bertz CT molecular complexity index is 2700. The van der Waals surface area contributed by atoms with Crippen LogP contribution in [0.3, 0.4) is 0 Å². The lowest BCUT2D eigenvalue weighted by Gasteiger charge is -2.37. The molecule has 0 aliphatic heterocycles. The molecule has 940 valence electrons. The number of carbonyl (C=O) groups is 1. The molecule has 1 fully saturated rings. The van der Waals surface area contributed by atoms with Crippen LogP contribution in [0.5, 0.6) is 0 Å². The molecule has 1 saturated carbocycles. The van der Waals surface area contributed by atoms with Gasteiger partial charge in [-0.15, -0.1) is 0 Å². The number of ether oxygens (including phenoxy) is 1. The van der Waals surface area contributed by atoms with Gasteiger partial charge in [0.05, 0.1) is 13.7 Å². The van der Waals surface area contributed by atoms with Crippen molar-refractivity contribution in [1.29, 1.82) is 0 Å². The monoisotopic (exact) mass is 2150 g/mol. The van der Waals surface area contributed by atoms with Crippen LogP contribution < -0.4 is 0 Å². The molecule has 0 bridgehead atoms. The van der Waals surface area contributed by atoms with Gasteiger partial charge in [-0.3, -0.25) is 0 Å². The molecule has 0 amide bonds. The Morgan fingerprint density at radius 1 is 0.403 bits per heavy atom. The van der Waals surface area contributed by atoms with E-state index in [-0.39, 0.29) is 198 Å². The zero-order valence-corrected chi connectivity index (χ0v) is 94.5. The topological polar surface area (TPSA) is 83.5 Å². The zero-order valence-electron chi connectivity index (χ0n) is 94.5. The number of aryl methyl sites for hydroxylation is 3. The highest BCUT2D eigenvalue weighted by Gasteiger charge is 2.30. The van der Waals surface area contributed by atoms with Crippen LogP contribution in [-0.4, -0.2) is 44.1 Å². The minimum Gasteiger partial charge on any atom is -0.460 e. The Hall–Kier alpha value is -3.75. The van der Waals surface area contributed by atoms with Crippen molar-refractivity contribution >= 4 is 5.97 Å². The summed E-state index contributed by atoms with van der Waals surface area (Å²) in [5.41, 5.74) is 12.4. The second-order valence-electron chi connectivity index (χ2n) is 42.5. The van der Waals surface area contributed by atoms with Gasteiger partial charge in [-0.1, -0.05) is 704 Å². The van der Waals surface area contributed by atoms with E-state index in [2.05, 4.69) is 397 Å². The SMILES string of the molecule is C.C.C.C.C.C.C.C.C.C.C.C.C.C.C.C.C.C.C.C.C.C.C.C.C=C(C)OOCC(O)COC(=O)/C=C\C(C)(C)CC.CCC.CCC(C)(C)C(C)(C)C.CCC(C)(C)CC.CCC(C)(C)CC.CCC(C)(C)CC.CCC(C)(C)CC1CCCCC1.CCC(C)C(C)C.CCC(C)CC.CCC(C)CC.CCC(C)c1ccccc1.CCOOC.CCc1cc(CC(C)(C)CC)ccc1C.CCc1ccc(C(C)CC)cc1.[HH]. The molecule has 4 atom stereocenters. The number of allylic oxidation sites excluding steroid dienone is 2. The van der Waals surface area contributed by atoms with E-state index < -0.39 is 12.1 Å². The summed E-state index contributed by atoms with van der Waals surface area (Å²) in [7, 11) is 1.49. The molecule has 1 N–H and O–H groups in total. The third-order valence-corrected chi connectivity index (χ3v) is 27.4. The standard InChI is InChI=1S/C15H24.C14H24O5.C12H24.C12H18.C10H14.C9H20.4C7H16.2C6H14.C3H8O2.C3H8.24CH4.H2/c1-6-14-10-13(9-8-12(14)3)11-15(4,5)7-2;1-6-14(4,5)8-7-13(16)17-9-12(15)10-18-19-11(2)3;1-4-12(2,3)10-11-8-6-5-7-9-11;1-4-10(3)12-8-6-11(5-2)7-9-12;1-3-9(2)10-7-5-4-6-8-10;1-7-9(5,6)8(2,3)4;3*1-5-7(3,4)6-2;1-5-7(4)6(2)3;2*1-4-6(3)5-2;1-3-5-4-2;1-3-2;;;;;;;;;;;;;;;;;;;;;;;;;/h8-10H,6-7,11H2,1-5H3;7-8,12,15H,2,6,9-10H2,1,3-5H3;11H,4-10H2,1-3H3;6-10H,4-5H2,1-3H3;4-9H,3H2,1-2H3;7H2,1-6H3;3*5-6H2,1-4H3;6-7H,5H2,1-4H3;2*6H,4-5H2,1-3H3;3H2,1-2H3;3H2,1-2H3;24*1H4;1H/b;8-7-;;;;;;;;;;;;;;;;;;;;;;;;;;;;;;;;;;;;;. The number of carbonyl (C=O) groups excluding carboxylic acids is 1. The van der Waals surface area contributed by atoms with E-state index in [9.17, 15) is 9.90 Å². The first-order valence-corrected chi connectivity index (χ1v) is 51.7. The van der Waals surface area contributed by atoms with Gasteiger partial charge >= 0.3 is 5.97 Å². The minimum absolute atomic E-state index is 0. The summed E-state index contributed by atoms with van der Waals surface area (Å²) in [6.45, 7) is 111. The average Bonchev–Trinajstić information content (AvgIpc) is 0.859. The molecule has 149 heavy (non-hydrogen) atoms. The maximum absolute atomic E-state index is 11.4. The highest BCUT2D eigenvalue weighted by Crippen LogP contribution is 2.41. The molecule has 7 nitrogen and oxygen atoms in total. The van der Waals surface area contributed by atoms with Gasteiger partial charge in [0.25, 0.3) is 0 Å². The molecule has 3 aromatic rings. The first-order chi connectivity index (χ1) is 57.8. The summed E-state index contributed by atoms with van der Waals surface area (Å²) in [6, 6.07) is 26.6. The first-order valence-electron chi connectivity index (χ1n) is 51.7. The fourth-order valence-corrected chi connectivity index (χ4v) is 9.89. The fraction of sp³-hybridized carbons (Fsp3) is 0.838. The number of hydrogen-bond acceptors (Lipinski definition) is 7. The zero-order chi connectivity index (χ0) is 99.9. The van der Waals surface area contributed by atoms with Crippen molar-refractivity contribution in [2.24, 2.45) is 72.9 Å². The summed E-state index contributed by atoms with van der Waals surface area (Å²) in [6.07, 6.45) is 37.5. The average molecular weight is 2150 g/mol. The van der Waals surface area contributed by atoms with Gasteiger partial charge in [0.15, 0.2) is 0 Å². The number of aliphatic hydroxyl groups is 1. The minimum atomic E-state index is -0.934. The van der Waals surface area contributed by atoms with Gasteiger partial charge < -0.3 is 14.7 Å². The Morgan fingerprint density at radius 2 is 0.732 bits per heavy atom. The lowest BCUT2D eigenvalue weighted by molar-refractivity contribution is -0.275. The third-order valence-electron chi connectivity index (χ3n) is 27.4. The van der Waals surface area contributed by atoms with E-state index in [4.69, 9.17) is 4.74 Å². The van der Waals surface area contributed by atoms with Crippen LogP contribution >= 0.6 is 0 Å². The van der Waals surface area contributed by atoms with Crippen molar-refractivity contribution in [1.82, 2.24) is 0 Å². The van der Waals surface area contributed by atoms with Crippen molar-refractivity contribution in [2.45, 2.75) is 702 Å². The van der Waals surface area contributed by atoms with E-state index in [1.54, 1.807) is 13.0 Å². The molecule has 4 unspecified atom stereocenters. The van der Waals surface area contributed by atoms with Crippen LogP contribution in [0.2, 0.25) is 0 Å². The van der Waals surface area contributed by atoms with Crippen LogP contribution in [0.4, 0.5) is 0 Å². The highest BCUT2D eigenvalue weighted by molar-refractivity contribution is 5.82. The molecule has 7 heteroatoms. The lowest BCUT2D eigenvalue weighted by Crippen LogP contribution is -2.28. The van der Waals surface area contributed by atoms with E-state index in [0.717, 1.165) is 48.9 Å². The van der Waals surface area contributed by atoms with Gasteiger partial charge in [0, 0.05) is 7.50 Å². The van der Waals surface area contributed by atoms with Crippen molar-refractivity contribution < 1.29 is 35.6 Å². The normalized spacial score (nSPS) is 11.0. The summed E-state index contributed by atoms with van der Waals surface area (Å²) in [5.74, 6) is 6.00. The molecule has 0 aromatic heterocycles. The molecule has 1 aliphatic carbocycles. The Labute approximate surface area is 967 Å². The molecule has 0 saturated heterocycles. The second-order valence-corrected chi connectivity index (χ2v) is 42.5. The van der Waals surface area contributed by atoms with Gasteiger partial charge in [0.2, 0.25) is 0 Å². The predicted molar refractivity (Wildman–Crippen MR) is 734 cm³/mol. The van der Waals surface area contributed by atoms with Gasteiger partial charge in [-0.2, -0.15) is 4.89 Å². The summed E-state index contributed by atoms with van der Waals surface area (Å²) >= 11 is 0. The van der Waals surface area contributed by atoms with Crippen molar-refractivity contribution in [3.8, 4) is 0 Å². The maximum Gasteiger partial charge on any atom is 0.330 e. The number of rotatable bonds is 36. The van der Waals surface area contributed by atoms with Crippen molar-refractivity contribution in [2.75, 3.05) is 26.9 Å². The van der Waals surface area contributed by atoms with E-state index in [0.29, 0.717) is 62.1 Å². The molecule has 0 heterocycles. The number of aliphatic hydroxyl groups excluding tert-OH is 1. The second kappa shape index (κ2) is 148. The molecule has 3 aromatic carbocycles. The van der Waals surface area contributed by atoms with Crippen molar-refractivity contribution in [3.63, 3.8) is 0 Å². The number of hydrogen-bond donors (Lipinski definition) is 1. The van der Waals surface area contributed by atoms with Crippen LogP contribution in [0.15, 0.2) is 97.3 Å². The smallest absolute Gasteiger partial charge is 0.330 e. The summed E-state index contributed by atoms with van der Waals surface area (Å²) in [5, 5.41) is 9.45. The Morgan fingerprint density at radius 3 is 0.953 bits per heavy atom. The Balaban J connectivity index is -0.0000000289. The number of benzene rings is 3. The largest absolute Gasteiger partial charge is 0.460 e. The van der Waals surface area contributed by atoms with Gasteiger partial charge in [-0.05, 0) is 184 Å². The Kier molecular flexibility index (Phi) is 243. The summed E-state index contributed by atoms with van der Waals surface area (Å²) < 4.78 is 4.87. The maximum atomic E-state index is 11.4. The van der Waals surface area contributed by atoms with E-state index in [1.807, 2.05) is 27.7 Å². The van der Waals surface area contributed by atoms with Crippen LogP contribution in [0, 0.1) is 79.8 Å². The van der Waals surface area contributed by atoms with Gasteiger partial charge in [-0.25, -0.2) is 14.6 Å². The third kappa shape index (κ3) is 164. The molecule has 0 spiro atoms. The highest BCUT2D eigenvalue weighted by atomic mass is 17.2. The number of esters is 1. The molecule has 4 rings (SSSR count).